The van der Waals surface area contributed by atoms with E-state index in [2.05, 4.69) is 10.4 Å². The Bertz CT molecular complexity index is 569. The molecular weight excluding hydrogens is 272 g/mol. The van der Waals surface area contributed by atoms with Gasteiger partial charge in [-0.1, -0.05) is 12.2 Å². The first-order valence-corrected chi connectivity index (χ1v) is 6.80. The van der Waals surface area contributed by atoms with Gasteiger partial charge in [0.25, 0.3) is 0 Å². The lowest BCUT2D eigenvalue weighted by molar-refractivity contribution is 0.415. The van der Waals surface area contributed by atoms with Crippen molar-refractivity contribution in [1.29, 1.82) is 0 Å². The lowest BCUT2D eigenvalue weighted by Crippen LogP contribution is -2.14. The van der Waals surface area contributed by atoms with E-state index in [1.807, 2.05) is 35.1 Å². The standard InChI is InChI=1S/C14H18N4OS/c1-19-11-4-5-12(14(15)20)13(10-11)16-6-2-8-18-9-3-7-17-18/h3-5,7,9-10,16H,2,6,8H2,1H3,(H2,15,20). The first-order valence-electron chi connectivity index (χ1n) is 6.40. The van der Waals surface area contributed by atoms with E-state index < -0.39 is 0 Å². The minimum atomic E-state index is 0.377. The van der Waals surface area contributed by atoms with Gasteiger partial charge in [0, 0.05) is 42.8 Å². The van der Waals surface area contributed by atoms with Crippen LogP contribution in [0.2, 0.25) is 0 Å². The largest absolute Gasteiger partial charge is 0.497 e. The molecule has 0 aliphatic carbocycles. The first-order chi connectivity index (χ1) is 9.70. The normalized spacial score (nSPS) is 10.2. The highest BCUT2D eigenvalue weighted by Gasteiger charge is 2.06. The fourth-order valence-corrected chi connectivity index (χ4v) is 2.09. The van der Waals surface area contributed by atoms with Crippen LogP contribution in [0.4, 0.5) is 5.69 Å². The zero-order valence-electron chi connectivity index (χ0n) is 11.4. The van der Waals surface area contributed by atoms with E-state index in [0.29, 0.717) is 4.99 Å². The number of hydrogen-bond acceptors (Lipinski definition) is 4. The van der Waals surface area contributed by atoms with E-state index >= 15 is 0 Å². The topological polar surface area (TPSA) is 65.1 Å². The number of methoxy groups -OCH3 is 1. The molecule has 0 saturated carbocycles. The number of ether oxygens (including phenoxy) is 1. The summed E-state index contributed by atoms with van der Waals surface area (Å²) in [5.41, 5.74) is 7.46. The monoisotopic (exact) mass is 290 g/mol. The lowest BCUT2D eigenvalue weighted by atomic mass is 10.1. The van der Waals surface area contributed by atoms with E-state index in [0.717, 1.165) is 36.5 Å². The number of nitrogens with zero attached hydrogens (tertiary/aromatic N) is 2. The molecule has 0 fully saturated rings. The van der Waals surface area contributed by atoms with Crippen molar-refractivity contribution in [2.75, 3.05) is 19.0 Å². The zero-order chi connectivity index (χ0) is 14.4. The predicted molar refractivity (Wildman–Crippen MR) is 84.2 cm³/mol. The summed E-state index contributed by atoms with van der Waals surface area (Å²) in [4.78, 5) is 0.377. The first kappa shape index (κ1) is 14.3. The van der Waals surface area contributed by atoms with Crippen LogP contribution in [0, 0.1) is 0 Å². The van der Waals surface area contributed by atoms with Crippen molar-refractivity contribution in [1.82, 2.24) is 9.78 Å². The number of benzene rings is 1. The Morgan fingerprint density at radius 1 is 1.50 bits per heavy atom. The molecule has 2 aromatic rings. The van der Waals surface area contributed by atoms with Crippen LogP contribution in [0.5, 0.6) is 5.75 Å². The summed E-state index contributed by atoms with van der Waals surface area (Å²) in [6.07, 6.45) is 4.68. The molecule has 20 heavy (non-hydrogen) atoms. The molecule has 5 nitrogen and oxygen atoms in total. The molecule has 1 heterocycles. The molecule has 0 atom stereocenters. The quantitative estimate of drug-likeness (QED) is 0.603. The third-order valence-electron chi connectivity index (χ3n) is 2.93. The van der Waals surface area contributed by atoms with Crippen LogP contribution in [0.1, 0.15) is 12.0 Å². The Morgan fingerprint density at radius 3 is 3.00 bits per heavy atom. The van der Waals surface area contributed by atoms with Crippen molar-refractivity contribution >= 4 is 22.9 Å². The van der Waals surface area contributed by atoms with Gasteiger partial charge >= 0.3 is 0 Å². The van der Waals surface area contributed by atoms with Gasteiger partial charge in [-0.2, -0.15) is 5.10 Å². The number of nitrogens with one attached hydrogen (secondary N) is 1. The van der Waals surface area contributed by atoms with Crippen LogP contribution < -0.4 is 15.8 Å². The maximum atomic E-state index is 5.72. The van der Waals surface area contributed by atoms with Gasteiger partial charge in [0.2, 0.25) is 0 Å². The number of aromatic nitrogens is 2. The molecule has 0 amide bonds. The fraction of sp³-hybridized carbons (Fsp3) is 0.286. The third-order valence-corrected chi connectivity index (χ3v) is 3.15. The third kappa shape index (κ3) is 3.71. The molecule has 0 saturated heterocycles. The van der Waals surface area contributed by atoms with Gasteiger partial charge in [-0.15, -0.1) is 0 Å². The van der Waals surface area contributed by atoms with Crippen molar-refractivity contribution in [2.45, 2.75) is 13.0 Å². The van der Waals surface area contributed by atoms with Gasteiger partial charge in [-0.05, 0) is 24.6 Å². The molecule has 1 aromatic carbocycles. The maximum absolute atomic E-state index is 5.72. The predicted octanol–water partition coefficient (Wildman–Crippen LogP) is 2.03. The fourth-order valence-electron chi connectivity index (χ4n) is 1.91. The van der Waals surface area contributed by atoms with E-state index in [1.165, 1.54) is 0 Å². The van der Waals surface area contributed by atoms with Gasteiger partial charge < -0.3 is 15.8 Å². The molecule has 0 aliphatic heterocycles. The number of rotatable bonds is 7. The Hall–Kier alpha value is -2.08. The van der Waals surface area contributed by atoms with Crippen molar-refractivity contribution in [3.8, 4) is 5.75 Å². The highest BCUT2D eigenvalue weighted by molar-refractivity contribution is 7.80. The van der Waals surface area contributed by atoms with E-state index in [4.69, 9.17) is 22.7 Å². The molecule has 0 aliphatic rings. The van der Waals surface area contributed by atoms with Crippen LogP contribution in [0.15, 0.2) is 36.7 Å². The summed E-state index contributed by atoms with van der Waals surface area (Å²) in [5, 5.41) is 7.51. The molecule has 6 heteroatoms. The highest BCUT2D eigenvalue weighted by Crippen LogP contribution is 2.22. The molecular formula is C14H18N4OS. The number of hydrogen-bond donors (Lipinski definition) is 2. The minimum absolute atomic E-state index is 0.377. The second kappa shape index (κ2) is 6.91. The van der Waals surface area contributed by atoms with Crippen molar-refractivity contribution in [3.63, 3.8) is 0 Å². The second-order valence-corrected chi connectivity index (χ2v) is 4.77. The van der Waals surface area contributed by atoms with Crippen molar-refractivity contribution in [3.05, 3.63) is 42.2 Å². The van der Waals surface area contributed by atoms with Gasteiger partial charge in [0.1, 0.15) is 10.7 Å². The van der Waals surface area contributed by atoms with Crippen LogP contribution in [-0.4, -0.2) is 28.4 Å². The summed E-state index contributed by atoms with van der Waals surface area (Å²) in [6, 6.07) is 7.54. The molecule has 0 bridgehead atoms. The summed E-state index contributed by atoms with van der Waals surface area (Å²) in [6.45, 7) is 1.68. The maximum Gasteiger partial charge on any atom is 0.120 e. The number of anilines is 1. The summed E-state index contributed by atoms with van der Waals surface area (Å²) < 4.78 is 7.12. The molecule has 3 N–H and O–H groups in total. The second-order valence-electron chi connectivity index (χ2n) is 4.33. The van der Waals surface area contributed by atoms with Crippen LogP contribution in [0.3, 0.4) is 0 Å². The average Bonchev–Trinajstić information content (AvgIpc) is 2.96. The Labute approximate surface area is 123 Å². The Morgan fingerprint density at radius 2 is 2.35 bits per heavy atom. The Kier molecular flexibility index (Phi) is 4.95. The molecule has 0 spiro atoms. The van der Waals surface area contributed by atoms with E-state index in [9.17, 15) is 0 Å². The molecule has 1 aromatic heterocycles. The van der Waals surface area contributed by atoms with Crippen LogP contribution in [-0.2, 0) is 6.54 Å². The summed E-state index contributed by atoms with van der Waals surface area (Å²) in [5.74, 6) is 0.777. The SMILES string of the molecule is COc1ccc(C(N)=S)c(NCCCn2cccn2)c1. The lowest BCUT2D eigenvalue weighted by Gasteiger charge is -2.12. The van der Waals surface area contributed by atoms with Gasteiger partial charge in [0.15, 0.2) is 0 Å². The number of nitrogens with two attached hydrogens (primary N) is 1. The molecule has 0 unspecified atom stereocenters. The van der Waals surface area contributed by atoms with Crippen molar-refractivity contribution in [2.24, 2.45) is 5.73 Å². The van der Waals surface area contributed by atoms with Gasteiger partial charge in [0.05, 0.1) is 7.11 Å². The van der Waals surface area contributed by atoms with Gasteiger partial charge in [-0.3, -0.25) is 4.68 Å². The minimum Gasteiger partial charge on any atom is -0.497 e. The smallest absolute Gasteiger partial charge is 0.120 e. The molecule has 0 radical (unpaired) electrons. The van der Waals surface area contributed by atoms with Crippen LogP contribution in [0.25, 0.3) is 0 Å². The Balaban J connectivity index is 1.95. The van der Waals surface area contributed by atoms with Crippen molar-refractivity contribution < 1.29 is 4.74 Å². The van der Waals surface area contributed by atoms with E-state index in [-0.39, 0.29) is 0 Å². The van der Waals surface area contributed by atoms with Crippen LogP contribution >= 0.6 is 12.2 Å². The summed E-state index contributed by atoms with van der Waals surface area (Å²) >= 11 is 5.06. The van der Waals surface area contributed by atoms with E-state index in [1.54, 1.807) is 13.3 Å². The summed E-state index contributed by atoms with van der Waals surface area (Å²) in [7, 11) is 1.64. The zero-order valence-corrected chi connectivity index (χ0v) is 12.2. The average molecular weight is 290 g/mol. The molecule has 106 valence electrons. The highest BCUT2D eigenvalue weighted by atomic mass is 32.1. The number of thiocarbonyl (C=S) groups is 1. The number of aryl methyl sites for hydroxylation is 1. The molecule has 2 rings (SSSR count). The van der Waals surface area contributed by atoms with Gasteiger partial charge in [-0.25, -0.2) is 0 Å².